The highest BCUT2D eigenvalue weighted by Crippen LogP contribution is 2.26. The molecule has 0 spiro atoms. The first kappa shape index (κ1) is 19.9. The van der Waals surface area contributed by atoms with Gasteiger partial charge >= 0.3 is 0 Å². The molecule has 0 aliphatic carbocycles. The number of hydrogen-bond acceptors (Lipinski definition) is 7. The molecule has 1 amide bonds. The van der Waals surface area contributed by atoms with Gasteiger partial charge in [0.15, 0.2) is 10.3 Å². The Morgan fingerprint density at radius 3 is 2.78 bits per heavy atom. The van der Waals surface area contributed by atoms with Crippen molar-refractivity contribution in [3.05, 3.63) is 33.7 Å². The van der Waals surface area contributed by atoms with Gasteiger partial charge in [0.1, 0.15) is 0 Å². The summed E-state index contributed by atoms with van der Waals surface area (Å²) in [6.45, 7) is 10.1. The van der Waals surface area contributed by atoms with E-state index in [0.717, 1.165) is 17.4 Å². The quantitative estimate of drug-likeness (QED) is 0.606. The number of rotatable bonds is 5. The fraction of sp³-hybridized carbons (Fsp3) is 0.556. The zero-order valence-electron chi connectivity index (χ0n) is 16.0. The third-order valence-corrected chi connectivity index (χ3v) is 6.35. The summed E-state index contributed by atoms with van der Waals surface area (Å²) in [7, 11) is 0. The van der Waals surface area contributed by atoms with Crippen LogP contribution in [-0.4, -0.2) is 56.7 Å². The normalized spacial score (nSPS) is 18.8. The Morgan fingerprint density at radius 1 is 1.37 bits per heavy atom. The van der Waals surface area contributed by atoms with E-state index in [2.05, 4.69) is 26.8 Å². The number of aromatic nitrogens is 3. The maximum absolute atomic E-state index is 12.9. The molecule has 0 aromatic carbocycles. The Hall–Kier alpha value is -1.87. The maximum Gasteiger partial charge on any atom is 0.251 e. The number of carbonyl (C=O) groups is 1. The minimum absolute atomic E-state index is 0.0724. The minimum Gasteiger partial charge on any atom is -0.342 e. The molecule has 1 N–H and O–H groups in total. The number of nitrogens with zero attached hydrogens (tertiary/aromatic N) is 4. The van der Waals surface area contributed by atoms with E-state index in [0.29, 0.717) is 18.2 Å². The lowest BCUT2D eigenvalue weighted by Crippen LogP contribution is -2.55. The van der Waals surface area contributed by atoms with Gasteiger partial charge in [-0.2, -0.15) is 0 Å². The molecule has 1 aliphatic rings. The SMILES string of the molecule is CC(Sc1nc(C(C)C)cc(=O)[nH]1)C(=O)N1CCN(c2nccs2)[C@@H](C)C1. The topological polar surface area (TPSA) is 82.2 Å². The van der Waals surface area contributed by atoms with Crippen LogP contribution in [0.1, 0.15) is 39.3 Å². The first-order chi connectivity index (χ1) is 12.8. The monoisotopic (exact) mass is 407 g/mol. The molecule has 1 aliphatic heterocycles. The molecule has 0 radical (unpaired) electrons. The summed E-state index contributed by atoms with van der Waals surface area (Å²) in [5, 5.41) is 3.16. The summed E-state index contributed by atoms with van der Waals surface area (Å²) in [4.78, 5) is 40.5. The molecule has 1 saturated heterocycles. The van der Waals surface area contributed by atoms with Gasteiger partial charge in [-0.3, -0.25) is 9.59 Å². The molecule has 7 nitrogen and oxygen atoms in total. The van der Waals surface area contributed by atoms with E-state index >= 15 is 0 Å². The van der Waals surface area contributed by atoms with Gasteiger partial charge in [-0.15, -0.1) is 11.3 Å². The zero-order valence-corrected chi connectivity index (χ0v) is 17.6. The van der Waals surface area contributed by atoms with Crippen LogP contribution in [0.25, 0.3) is 0 Å². The van der Waals surface area contributed by atoms with Crippen molar-refractivity contribution in [3.63, 3.8) is 0 Å². The van der Waals surface area contributed by atoms with E-state index in [1.165, 1.54) is 17.8 Å². The fourth-order valence-electron chi connectivity index (χ4n) is 3.08. The Balaban J connectivity index is 1.64. The molecular formula is C18H25N5O2S2. The summed E-state index contributed by atoms with van der Waals surface area (Å²) in [6.07, 6.45) is 1.81. The van der Waals surface area contributed by atoms with Crippen LogP contribution in [0.4, 0.5) is 5.13 Å². The average molecular weight is 408 g/mol. The summed E-state index contributed by atoms with van der Waals surface area (Å²) < 4.78 is 0. The number of anilines is 1. The first-order valence-corrected chi connectivity index (χ1v) is 10.8. The summed E-state index contributed by atoms with van der Waals surface area (Å²) in [5.74, 6) is 0.237. The molecule has 9 heteroatoms. The van der Waals surface area contributed by atoms with Crippen LogP contribution < -0.4 is 10.5 Å². The van der Waals surface area contributed by atoms with Crippen LogP contribution in [0.2, 0.25) is 0 Å². The number of amides is 1. The number of H-pyrrole nitrogens is 1. The summed E-state index contributed by atoms with van der Waals surface area (Å²) in [6, 6.07) is 1.73. The van der Waals surface area contributed by atoms with Crippen molar-refractivity contribution in [3.8, 4) is 0 Å². The number of thiazole rings is 1. The van der Waals surface area contributed by atoms with E-state index in [-0.39, 0.29) is 28.7 Å². The minimum atomic E-state index is -0.311. The van der Waals surface area contributed by atoms with Gasteiger partial charge in [-0.25, -0.2) is 9.97 Å². The van der Waals surface area contributed by atoms with Crippen LogP contribution in [0.5, 0.6) is 0 Å². The molecule has 2 atom stereocenters. The molecule has 0 saturated carbocycles. The highest BCUT2D eigenvalue weighted by Gasteiger charge is 2.30. The molecule has 3 heterocycles. The molecule has 1 fully saturated rings. The Morgan fingerprint density at radius 2 is 2.15 bits per heavy atom. The molecule has 0 bridgehead atoms. The van der Waals surface area contributed by atoms with Gasteiger partial charge in [-0.05, 0) is 19.8 Å². The molecule has 27 heavy (non-hydrogen) atoms. The van der Waals surface area contributed by atoms with Crippen LogP contribution >= 0.6 is 23.1 Å². The van der Waals surface area contributed by atoms with Crippen molar-refractivity contribution in [2.45, 2.75) is 50.1 Å². The third kappa shape index (κ3) is 4.70. The van der Waals surface area contributed by atoms with Crippen molar-refractivity contribution in [2.75, 3.05) is 24.5 Å². The molecule has 146 valence electrons. The van der Waals surface area contributed by atoms with E-state index in [9.17, 15) is 9.59 Å². The van der Waals surface area contributed by atoms with Crippen LogP contribution in [0.15, 0.2) is 27.6 Å². The van der Waals surface area contributed by atoms with Gasteiger partial charge in [0.25, 0.3) is 5.56 Å². The van der Waals surface area contributed by atoms with Crippen LogP contribution in [-0.2, 0) is 4.79 Å². The highest BCUT2D eigenvalue weighted by molar-refractivity contribution is 8.00. The number of carbonyl (C=O) groups excluding carboxylic acids is 1. The number of piperazine rings is 1. The second-order valence-electron chi connectivity index (χ2n) is 7.03. The number of thioether (sulfide) groups is 1. The zero-order chi connectivity index (χ0) is 19.6. The molecular weight excluding hydrogens is 382 g/mol. The number of hydrogen-bond donors (Lipinski definition) is 1. The second-order valence-corrected chi connectivity index (χ2v) is 9.23. The lowest BCUT2D eigenvalue weighted by molar-refractivity contribution is -0.131. The Bertz CT molecular complexity index is 837. The molecule has 2 aromatic rings. The molecule has 3 rings (SSSR count). The highest BCUT2D eigenvalue weighted by atomic mass is 32.2. The fourth-order valence-corrected chi connectivity index (χ4v) is 4.75. The largest absolute Gasteiger partial charge is 0.342 e. The van der Waals surface area contributed by atoms with Gasteiger partial charge in [0, 0.05) is 43.3 Å². The lowest BCUT2D eigenvalue weighted by Gasteiger charge is -2.40. The van der Waals surface area contributed by atoms with E-state index in [1.807, 2.05) is 37.2 Å². The van der Waals surface area contributed by atoms with Crippen molar-refractivity contribution >= 4 is 34.1 Å². The van der Waals surface area contributed by atoms with Gasteiger partial charge in [0.05, 0.1) is 10.9 Å². The predicted octanol–water partition coefficient (Wildman–Crippen LogP) is 2.57. The smallest absolute Gasteiger partial charge is 0.251 e. The van der Waals surface area contributed by atoms with E-state index < -0.39 is 0 Å². The number of nitrogens with one attached hydrogen (secondary N) is 1. The van der Waals surface area contributed by atoms with Crippen molar-refractivity contribution in [1.82, 2.24) is 19.9 Å². The standard InChI is InChI=1S/C18H25N5O2S2/c1-11(2)14-9-15(24)21-17(20-14)27-13(4)16(25)22-6-7-23(12(3)10-22)18-19-5-8-26-18/h5,8-9,11-13H,6-7,10H2,1-4H3,(H,20,21,24)/t12-,13?/m0/s1. The maximum atomic E-state index is 12.9. The summed E-state index contributed by atoms with van der Waals surface area (Å²) >= 11 is 2.93. The van der Waals surface area contributed by atoms with Gasteiger partial charge < -0.3 is 14.8 Å². The Labute approximate surface area is 167 Å². The van der Waals surface area contributed by atoms with E-state index in [4.69, 9.17) is 0 Å². The summed E-state index contributed by atoms with van der Waals surface area (Å²) in [5.41, 5.74) is 0.563. The van der Waals surface area contributed by atoms with Crippen LogP contribution in [0, 0.1) is 0 Å². The van der Waals surface area contributed by atoms with Crippen molar-refractivity contribution < 1.29 is 4.79 Å². The number of aromatic amines is 1. The predicted molar refractivity (Wildman–Crippen MR) is 110 cm³/mol. The first-order valence-electron chi connectivity index (χ1n) is 9.08. The van der Waals surface area contributed by atoms with E-state index in [1.54, 1.807) is 11.3 Å². The van der Waals surface area contributed by atoms with Gasteiger partial charge in [0.2, 0.25) is 5.91 Å². The molecule has 2 aromatic heterocycles. The third-order valence-electron chi connectivity index (χ3n) is 4.57. The lowest BCUT2D eigenvalue weighted by atomic mass is 10.1. The van der Waals surface area contributed by atoms with Crippen molar-refractivity contribution in [1.29, 1.82) is 0 Å². The van der Waals surface area contributed by atoms with Gasteiger partial charge in [-0.1, -0.05) is 25.6 Å². The average Bonchev–Trinajstić information content (AvgIpc) is 3.14. The second kappa shape index (κ2) is 8.43. The molecule has 1 unspecified atom stereocenters. The van der Waals surface area contributed by atoms with Crippen LogP contribution in [0.3, 0.4) is 0 Å². The Kier molecular flexibility index (Phi) is 6.21. The van der Waals surface area contributed by atoms with Crippen molar-refractivity contribution in [2.24, 2.45) is 0 Å².